The predicted molar refractivity (Wildman–Crippen MR) is 55.5 cm³/mol. The maximum atomic E-state index is 12.7. The highest BCUT2D eigenvalue weighted by atomic mass is 32.2. The SMILES string of the molecule is O=S(=O)(CCCO)Nc1cccc(F)c1. The fourth-order valence-electron chi connectivity index (χ4n) is 1.04. The molecule has 2 N–H and O–H groups in total. The molecule has 0 fully saturated rings. The van der Waals surface area contributed by atoms with Crippen molar-refractivity contribution in [1.29, 1.82) is 0 Å². The highest BCUT2D eigenvalue weighted by Crippen LogP contribution is 2.11. The summed E-state index contributed by atoms with van der Waals surface area (Å²) < 4.78 is 37.6. The molecule has 0 unspecified atom stereocenters. The van der Waals surface area contributed by atoms with E-state index in [-0.39, 0.29) is 24.5 Å². The standard InChI is InChI=1S/C9H12FNO3S/c10-8-3-1-4-9(7-8)11-15(13,14)6-2-5-12/h1,3-4,7,11-12H,2,5-6H2. The third-order valence-corrected chi connectivity index (χ3v) is 3.04. The number of hydrogen-bond acceptors (Lipinski definition) is 3. The van der Waals surface area contributed by atoms with E-state index in [9.17, 15) is 12.8 Å². The van der Waals surface area contributed by atoms with Crippen LogP contribution in [0.3, 0.4) is 0 Å². The highest BCUT2D eigenvalue weighted by Gasteiger charge is 2.09. The normalized spacial score (nSPS) is 11.3. The molecule has 0 radical (unpaired) electrons. The summed E-state index contributed by atoms with van der Waals surface area (Å²) in [4.78, 5) is 0. The Balaban J connectivity index is 2.69. The largest absolute Gasteiger partial charge is 0.396 e. The molecule has 1 aromatic carbocycles. The van der Waals surface area contributed by atoms with Crippen LogP contribution >= 0.6 is 0 Å². The molecule has 0 aromatic heterocycles. The predicted octanol–water partition coefficient (Wildman–Crippen LogP) is 0.950. The number of aliphatic hydroxyl groups is 1. The first-order chi connectivity index (χ1) is 7.03. The van der Waals surface area contributed by atoms with Crippen LogP contribution < -0.4 is 4.72 Å². The van der Waals surface area contributed by atoms with Gasteiger partial charge >= 0.3 is 0 Å². The second-order valence-corrected chi connectivity index (χ2v) is 4.85. The van der Waals surface area contributed by atoms with Crippen LogP contribution in [0.15, 0.2) is 24.3 Å². The number of aliphatic hydroxyl groups excluding tert-OH is 1. The smallest absolute Gasteiger partial charge is 0.232 e. The Morgan fingerprint density at radius 1 is 1.40 bits per heavy atom. The fourth-order valence-corrected chi connectivity index (χ4v) is 2.13. The van der Waals surface area contributed by atoms with Crippen LogP contribution in [0.25, 0.3) is 0 Å². The van der Waals surface area contributed by atoms with Crippen LogP contribution in [0, 0.1) is 5.82 Å². The third kappa shape index (κ3) is 4.26. The van der Waals surface area contributed by atoms with Crippen molar-refractivity contribution in [2.45, 2.75) is 6.42 Å². The van der Waals surface area contributed by atoms with Crippen molar-refractivity contribution >= 4 is 15.7 Å². The van der Waals surface area contributed by atoms with Gasteiger partial charge in [-0.25, -0.2) is 12.8 Å². The quantitative estimate of drug-likeness (QED) is 0.795. The lowest BCUT2D eigenvalue weighted by molar-refractivity contribution is 0.295. The van der Waals surface area contributed by atoms with E-state index in [0.717, 1.165) is 6.07 Å². The van der Waals surface area contributed by atoms with E-state index < -0.39 is 15.8 Å². The van der Waals surface area contributed by atoms with E-state index in [0.29, 0.717) is 0 Å². The van der Waals surface area contributed by atoms with E-state index in [2.05, 4.69) is 4.72 Å². The van der Waals surface area contributed by atoms with Gasteiger partial charge in [0.2, 0.25) is 10.0 Å². The molecule has 0 bridgehead atoms. The van der Waals surface area contributed by atoms with Gasteiger partial charge in [0.1, 0.15) is 5.82 Å². The van der Waals surface area contributed by atoms with E-state index in [1.165, 1.54) is 18.2 Å². The highest BCUT2D eigenvalue weighted by molar-refractivity contribution is 7.92. The summed E-state index contributed by atoms with van der Waals surface area (Å²) >= 11 is 0. The Hall–Kier alpha value is -1.14. The van der Waals surface area contributed by atoms with Gasteiger partial charge < -0.3 is 5.11 Å². The summed E-state index contributed by atoms with van der Waals surface area (Å²) in [5.41, 5.74) is 0.188. The number of rotatable bonds is 5. The third-order valence-electron chi connectivity index (χ3n) is 1.67. The second kappa shape index (κ2) is 5.09. The van der Waals surface area contributed by atoms with Crippen molar-refractivity contribution in [3.05, 3.63) is 30.1 Å². The maximum absolute atomic E-state index is 12.7. The first-order valence-corrected chi connectivity index (χ1v) is 6.05. The first kappa shape index (κ1) is 11.9. The van der Waals surface area contributed by atoms with E-state index in [1.54, 1.807) is 0 Å². The molecule has 0 saturated heterocycles. The second-order valence-electron chi connectivity index (χ2n) is 3.01. The van der Waals surface area contributed by atoms with Crippen LogP contribution in [-0.4, -0.2) is 25.9 Å². The summed E-state index contributed by atoms with van der Waals surface area (Å²) in [6, 6.07) is 5.20. The topological polar surface area (TPSA) is 66.4 Å². The Bertz CT molecular complexity index is 419. The summed E-state index contributed by atoms with van der Waals surface area (Å²) in [5, 5.41) is 8.49. The molecule has 1 rings (SSSR count). The van der Waals surface area contributed by atoms with Gasteiger partial charge in [0.25, 0.3) is 0 Å². The van der Waals surface area contributed by atoms with Crippen LogP contribution in [0.1, 0.15) is 6.42 Å². The average Bonchev–Trinajstić information content (AvgIpc) is 2.14. The monoisotopic (exact) mass is 233 g/mol. The molecule has 0 amide bonds. The Morgan fingerprint density at radius 2 is 2.13 bits per heavy atom. The fraction of sp³-hybridized carbons (Fsp3) is 0.333. The first-order valence-electron chi connectivity index (χ1n) is 4.40. The van der Waals surface area contributed by atoms with Gasteiger partial charge in [-0.15, -0.1) is 0 Å². The molecule has 0 spiro atoms. The van der Waals surface area contributed by atoms with Crippen LogP contribution in [-0.2, 0) is 10.0 Å². The molecule has 0 aliphatic heterocycles. The van der Waals surface area contributed by atoms with E-state index in [1.807, 2.05) is 0 Å². The van der Waals surface area contributed by atoms with Crippen molar-refractivity contribution in [3.63, 3.8) is 0 Å². The van der Waals surface area contributed by atoms with Gasteiger partial charge in [-0.1, -0.05) is 6.07 Å². The average molecular weight is 233 g/mol. The molecule has 1 aromatic rings. The molecule has 0 heterocycles. The zero-order chi connectivity index (χ0) is 11.3. The van der Waals surface area contributed by atoms with Gasteiger partial charge in [-0.05, 0) is 24.6 Å². The van der Waals surface area contributed by atoms with Crippen molar-refractivity contribution in [3.8, 4) is 0 Å². The number of nitrogens with one attached hydrogen (secondary N) is 1. The summed E-state index contributed by atoms with van der Waals surface area (Å²) in [7, 11) is -3.49. The molecular weight excluding hydrogens is 221 g/mol. The van der Waals surface area contributed by atoms with Crippen LogP contribution in [0.5, 0.6) is 0 Å². The van der Waals surface area contributed by atoms with Gasteiger partial charge in [-0.3, -0.25) is 4.72 Å². The van der Waals surface area contributed by atoms with Gasteiger partial charge in [-0.2, -0.15) is 0 Å². The molecule has 4 nitrogen and oxygen atoms in total. The minimum atomic E-state index is -3.49. The number of anilines is 1. The lowest BCUT2D eigenvalue weighted by atomic mass is 10.3. The minimum absolute atomic E-state index is 0.157. The Labute approximate surface area is 87.8 Å². The molecule has 15 heavy (non-hydrogen) atoms. The zero-order valence-corrected chi connectivity index (χ0v) is 8.80. The molecule has 0 saturated carbocycles. The zero-order valence-electron chi connectivity index (χ0n) is 7.98. The number of sulfonamides is 1. The van der Waals surface area contributed by atoms with Crippen LogP contribution in [0.2, 0.25) is 0 Å². The molecule has 6 heteroatoms. The minimum Gasteiger partial charge on any atom is -0.396 e. The maximum Gasteiger partial charge on any atom is 0.232 e. The summed E-state index contributed by atoms with van der Waals surface area (Å²) in [6.45, 7) is -0.190. The summed E-state index contributed by atoms with van der Waals surface area (Å²) in [5.74, 6) is -0.683. The van der Waals surface area contributed by atoms with Gasteiger partial charge in [0, 0.05) is 6.61 Å². The van der Waals surface area contributed by atoms with Gasteiger partial charge in [0.15, 0.2) is 0 Å². The molecular formula is C9H12FNO3S. The summed E-state index contributed by atoms with van der Waals surface area (Å²) in [6.07, 6.45) is 0.157. The molecule has 0 aliphatic carbocycles. The van der Waals surface area contributed by atoms with Crippen LogP contribution in [0.4, 0.5) is 10.1 Å². The Morgan fingerprint density at radius 3 is 2.73 bits per heavy atom. The van der Waals surface area contributed by atoms with Crippen molar-refractivity contribution in [1.82, 2.24) is 0 Å². The van der Waals surface area contributed by atoms with Crippen molar-refractivity contribution in [2.75, 3.05) is 17.1 Å². The number of halogens is 1. The molecule has 0 atom stereocenters. The number of hydrogen-bond donors (Lipinski definition) is 2. The van der Waals surface area contributed by atoms with Crippen molar-refractivity contribution < 1.29 is 17.9 Å². The lowest BCUT2D eigenvalue weighted by Crippen LogP contribution is -2.17. The molecule has 84 valence electrons. The van der Waals surface area contributed by atoms with E-state index in [4.69, 9.17) is 5.11 Å². The number of benzene rings is 1. The molecule has 0 aliphatic rings. The lowest BCUT2D eigenvalue weighted by Gasteiger charge is -2.06. The van der Waals surface area contributed by atoms with Gasteiger partial charge in [0.05, 0.1) is 11.4 Å². The Kier molecular flexibility index (Phi) is 4.05. The van der Waals surface area contributed by atoms with E-state index >= 15 is 0 Å². The van der Waals surface area contributed by atoms with Crippen molar-refractivity contribution in [2.24, 2.45) is 0 Å².